The summed E-state index contributed by atoms with van der Waals surface area (Å²) >= 11 is 0. The van der Waals surface area contributed by atoms with Crippen LogP contribution in [0.4, 0.5) is 13.2 Å². The molecule has 0 bridgehead atoms. The van der Waals surface area contributed by atoms with E-state index in [4.69, 9.17) is 5.26 Å². The van der Waals surface area contributed by atoms with Gasteiger partial charge in [-0.05, 0) is 24.6 Å². The van der Waals surface area contributed by atoms with Gasteiger partial charge in [-0.25, -0.2) is 4.98 Å². The number of halogens is 3. The SMILES string of the molecule is CC(OCc1ccnc(C#N)c1)C(F)(F)F. The predicted molar refractivity (Wildman–Crippen MR) is 49.3 cm³/mol. The van der Waals surface area contributed by atoms with Crippen LogP contribution < -0.4 is 0 Å². The van der Waals surface area contributed by atoms with Crippen molar-refractivity contribution in [2.45, 2.75) is 25.8 Å². The van der Waals surface area contributed by atoms with Gasteiger partial charge >= 0.3 is 6.18 Å². The molecule has 3 nitrogen and oxygen atoms in total. The maximum absolute atomic E-state index is 12.1. The second kappa shape index (κ2) is 4.94. The first-order valence-corrected chi connectivity index (χ1v) is 4.47. The van der Waals surface area contributed by atoms with Crippen LogP contribution in [-0.2, 0) is 11.3 Å². The third kappa shape index (κ3) is 3.51. The van der Waals surface area contributed by atoms with Crippen molar-refractivity contribution in [2.75, 3.05) is 0 Å². The maximum atomic E-state index is 12.1. The number of alkyl halides is 3. The van der Waals surface area contributed by atoms with E-state index < -0.39 is 12.3 Å². The van der Waals surface area contributed by atoms with E-state index in [1.807, 2.05) is 0 Å². The summed E-state index contributed by atoms with van der Waals surface area (Å²) in [5.41, 5.74) is 0.642. The van der Waals surface area contributed by atoms with Gasteiger partial charge in [0.15, 0.2) is 6.10 Å². The van der Waals surface area contributed by atoms with Crippen LogP contribution in [0.25, 0.3) is 0 Å². The Labute approximate surface area is 90.5 Å². The fourth-order valence-electron chi connectivity index (χ4n) is 0.941. The number of aromatic nitrogens is 1. The van der Waals surface area contributed by atoms with Gasteiger partial charge in [-0.1, -0.05) is 0 Å². The normalized spacial score (nSPS) is 13.2. The Hall–Kier alpha value is -1.61. The summed E-state index contributed by atoms with van der Waals surface area (Å²) in [5.74, 6) is 0. The monoisotopic (exact) mass is 230 g/mol. The van der Waals surface area contributed by atoms with Crippen LogP contribution in [0.2, 0.25) is 0 Å². The van der Waals surface area contributed by atoms with Gasteiger partial charge < -0.3 is 4.74 Å². The minimum Gasteiger partial charge on any atom is -0.364 e. The highest BCUT2D eigenvalue weighted by molar-refractivity contribution is 5.24. The van der Waals surface area contributed by atoms with Crippen molar-refractivity contribution in [1.29, 1.82) is 5.26 Å². The summed E-state index contributed by atoms with van der Waals surface area (Å²) in [5, 5.41) is 8.54. The van der Waals surface area contributed by atoms with Gasteiger partial charge in [0.25, 0.3) is 0 Å². The number of nitrogens with zero attached hydrogens (tertiary/aromatic N) is 2. The van der Waals surface area contributed by atoms with E-state index in [1.165, 1.54) is 18.3 Å². The molecular formula is C10H9F3N2O. The molecule has 1 heterocycles. The quantitative estimate of drug-likeness (QED) is 0.801. The lowest BCUT2D eigenvalue weighted by Gasteiger charge is -2.16. The summed E-state index contributed by atoms with van der Waals surface area (Å²) in [6.07, 6.45) is -4.84. The van der Waals surface area contributed by atoms with Crippen molar-refractivity contribution < 1.29 is 17.9 Å². The van der Waals surface area contributed by atoms with Gasteiger partial charge in [0, 0.05) is 6.20 Å². The van der Waals surface area contributed by atoms with Crippen LogP contribution >= 0.6 is 0 Å². The van der Waals surface area contributed by atoms with Crippen molar-refractivity contribution in [2.24, 2.45) is 0 Å². The molecule has 0 aliphatic rings. The second-order valence-corrected chi connectivity index (χ2v) is 3.16. The molecule has 0 aromatic carbocycles. The first-order valence-electron chi connectivity index (χ1n) is 4.47. The summed E-state index contributed by atoms with van der Waals surface area (Å²) in [6, 6.07) is 4.69. The van der Waals surface area contributed by atoms with E-state index in [1.54, 1.807) is 6.07 Å². The van der Waals surface area contributed by atoms with Crippen LogP contribution in [0.5, 0.6) is 0 Å². The van der Waals surface area contributed by atoms with Crippen LogP contribution in [-0.4, -0.2) is 17.3 Å². The van der Waals surface area contributed by atoms with Crippen LogP contribution in [0.1, 0.15) is 18.2 Å². The predicted octanol–water partition coefficient (Wildman–Crippen LogP) is 2.42. The lowest BCUT2D eigenvalue weighted by atomic mass is 10.2. The zero-order valence-electron chi connectivity index (χ0n) is 8.45. The van der Waals surface area contributed by atoms with E-state index in [0.29, 0.717) is 5.56 Å². The molecular weight excluding hydrogens is 221 g/mol. The van der Waals surface area contributed by atoms with Gasteiger partial charge in [0.05, 0.1) is 6.61 Å². The number of ether oxygens (including phenoxy) is 1. The van der Waals surface area contributed by atoms with Crippen LogP contribution in [0, 0.1) is 11.3 Å². The van der Waals surface area contributed by atoms with E-state index in [0.717, 1.165) is 6.92 Å². The number of pyridine rings is 1. The molecule has 0 N–H and O–H groups in total. The Morgan fingerprint density at radius 1 is 1.56 bits per heavy atom. The molecule has 0 aliphatic carbocycles. The van der Waals surface area contributed by atoms with Crippen molar-refractivity contribution in [1.82, 2.24) is 4.98 Å². The molecule has 0 saturated carbocycles. The Morgan fingerprint density at radius 3 is 2.81 bits per heavy atom. The number of hydrogen-bond donors (Lipinski definition) is 0. The summed E-state index contributed by atoms with van der Waals surface area (Å²) in [4.78, 5) is 3.69. The highest BCUT2D eigenvalue weighted by Crippen LogP contribution is 2.23. The fourth-order valence-corrected chi connectivity index (χ4v) is 0.941. The van der Waals surface area contributed by atoms with Crippen molar-refractivity contribution >= 4 is 0 Å². The topological polar surface area (TPSA) is 45.9 Å². The molecule has 6 heteroatoms. The second-order valence-electron chi connectivity index (χ2n) is 3.16. The molecule has 1 atom stereocenters. The van der Waals surface area contributed by atoms with Crippen molar-refractivity contribution in [3.63, 3.8) is 0 Å². The third-order valence-electron chi connectivity index (χ3n) is 1.90. The Morgan fingerprint density at radius 2 is 2.25 bits per heavy atom. The molecule has 16 heavy (non-hydrogen) atoms. The lowest BCUT2D eigenvalue weighted by Crippen LogP contribution is -2.28. The Balaban J connectivity index is 2.59. The first-order chi connectivity index (χ1) is 7.43. The number of hydrogen-bond acceptors (Lipinski definition) is 3. The highest BCUT2D eigenvalue weighted by Gasteiger charge is 2.36. The molecule has 86 valence electrons. The Bertz CT molecular complexity index is 398. The van der Waals surface area contributed by atoms with E-state index in [2.05, 4.69) is 9.72 Å². The smallest absolute Gasteiger partial charge is 0.364 e. The molecule has 0 aliphatic heterocycles. The minimum atomic E-state index is -4.37. The molecule has 0 radical (unpaired) electrons. The number of rotatable bonds is 3. The average Bonchev–Trinajstić information content (AvgIpc) is 2.25. The maximum Gasteiger partial charge on any atom is 0.414 e. The zero-order valence-corrected chi connectivity index (χ0v) is 8.45. The van der Waals surface area contributed by atoms with Gasteiger partial charge in [0.2, 0.25) is 0 Å². The molecule has 0 amide bonds. The van der Waals surface area contributed by atoms with Crippen LogP contribution in [0.15, 0.2) is 18.3 Å². The zero-order chi connectivity index (χ0) is 12.2. The van der Waals surface area contributed by atoms with Crippen LogP contribution in [0.3, 0.4) is 0 Å². The molecule has 1 aromatic heterocycles. The molecule has 0 saturated heterocycles. The minimum absolute atomic E-state index is 0.153. The lowest BCUT2D eigenvalue weighted by molar-refractivity contribution is -0.217. The van der Waals surface area contributed by atoms with Gasteiger partial charge in [-0.2, -0.15) is 18.4 Å². The average molecular weight is 230 g/mol. The first kappa shape index (κ1) is 12.5. The molecule has 1 unspecified atom stereocenters. The van der Waals surface area contributed by atoms with Gasteiger partial charge in [0.1, 0.15) is 11.8 Å². The van der Waals surface area contributed by atoms with E-state index in [-0.39, 0.29) is 12.3 Å². The molecule has 0 spiro atoms. The van der Waals surface area contributed by atoms with Gasteiger partial charge in [-0.3, -0.25) is 0 Å². The molecule has 1 rings (SSSR count). The number of nitriles is 1. The Kier molecular flexibility index (Phi) is 3.85. The molecule has 0 fully saturated rings. The van der Waals surface area contributed by atoms with Gasteiger partial charge in [-0.15, -0.1) is 0 Å². The molecule has 1 aromatic rings. The summed E-state index contributed by atoms with van der Waals surface area (Å²) < 4.78 is 41.0. The fraction of sp³-hybridized carbons (Fsp3) is 0.400. The van der Waals surface area contributed by atoms with E-state index in [9.17, 15) is 13.2 Å². The van der Waals surface area contributed by atoms with E-state index >= 15 is 0 Å². The third-order valence-corrected chi connectivity index (χ3v) is 1.90. The largest absolute Gasteiger partial charge is 0.414 e. The highest BCUT2D eigenvalue weighted by atomic mass is 19.4. The standard InChI is InChI=1S/C10H9F3N2O/c1-7(10(11,12)13)16-6-8-2-3-15-9(4-8)5-14/h2-4,7H,6H2,1H3. The summed E-state index contributed by atoms with van der Waals surface area (Å²) in [6.45, 7) is 0.740. The van der Waals surface area contributed by atoms with Crippen molar-refractivity contribution in [3.8, 4) is 6.07 Å². The van der Waals surface area contributed by atoms with Crippen molar-refractivity contribution in [3.05, 3.63) is 29.6 Å². The summed E-state index contributed by atoms with van der Waals surface area (Å²) in [7, 11) is 0.